The lowest BCUT2D eigenvalue weighted by atomic mass is 10.0. The maximum absolute atomic E-state index is 12.5. The monoisotopic (exact) mass is 368 g/mol. The van der Waals surface area contributed by atoms with Gasteiger partial charge in [0.15, 0.2) is 0 Å². The van der Waals surface area contributed by atoms with Gasteiger partial charge >= 0.3 is 0 Å². The molecular weight excluding hydrogens is 340 g/mol. The maximum Gasteiger partial charge on any atom is 0.220 e. The second kappa shape index (κ2) is 9.77. The summed E-state index contributed by atoms with van der Waals surface area (Å²) in [6, 6.07) is 9.84. The number of ether oxygens (including phenoxy) is 1. The fourth-order valence-electron chi connectivity index (χ4n) is 3.33. The first-order chi connectivity index (χ1) is 13.0. The van der Waals surface area contributed by atoms with Crippen LogP contribution in [0.3, 0.4) is 0 Å². The van der Waals surface area contributed by atoms with Gasteiger partial charge in [-0.15, -0.1) is 0 Å². The molecular formula is C21H28N4O2. The zero-order chi connectivity index (χ0) is 19.8. The Balaban J connectivity index is 2.01. The second-order valence-corrected chi connectivity index (χ2v) is 6.55. The number of para-hydroxylation sites is 1. The number of nitriles is 1. The van der Waals surface area contributed by atoms with Crippen LogP contribution in [0.2, 0.25) is 0 Å². The Labute approximate surface area is 161 Å². The van der Waals surface area contributed by atoms with Crippen molar-refractivity contribution in [3.05, 3.63) is 46.8 Å². The number of nitrogens with zero attached hydrogens (tertiary/aromatic N) is 3. The lowest BCUT2D eigenvalue weighted by Gasteiger charge is -2.20. The summed E-state index contributed by atoms with van der Waals surface area (Å²) in [6.45, 7) is 6.58. The van der Waals surface area contributed by atoms with Crippen molar-refractivity contribution in [1.82, 2.24) is 15.1 Å². The quantitative estimate of drug-likeness (QED) is 0.733. The van der Waals surface area contributed by atoms with E-state index in [4.69, 9.17) is 10.00 Å². The van der Waals surface area contributed by atoms with Crippen LogP contribution < -0.4 is 10.1 Å². The molecule has 0 aliphatic heterocycles. The average molecular weight is 368 g/mol. The Morgan fingerprint density at radius 3 is 2.78 bits per heavy atom. The average Bonchev–Trinajstić information content (AvgIpc) is 2.95. The summed E-state index contributed by atoms with van der Waals surface area (Å²) in [7, 11) is 1.64. The van der Waals surface area contributed by atoms with Gasteiger partial charge in [-0.3, -0.25) is 9.48 Å². The van der Waals surface area contributed by atoms with Crippen molar-refractivity contribution in [2.75, 3.05) is 7.11 Å². The Kier molecular flexibility index (Phi) is 7.42. The van der Waals surface area contributed by atoms with E-state index < -0.39 is 0 Å². The number of rotatable bonds is 9. The predicted octanol–water partition coefficient (Wildman–Crippen LogP) is 3.62. The van der Waals surface area contributed by atoms with Crippen molar-refractivity contribution in [2.24, 2.45) is 0 Å². The van der Waals surface area contributed by atoms with Gasteiger partial charge < -0.3 is 10.1 Å². The van der Waals surface area contributed by atoms with E-state index in [-0.39, 0.29) is 11.9 Å². The summed E-state index contributed by atoms with van der Waals surface area (Å²) in [6.07, 6.45) is 2.25. The molecule has 6 heteroatoms. The van der Waals surface area contributed by atoms with E-state index in [0.29, 0.717) is 25.8 Å². The number of amides is 1. The smallest absolute Gasteiger partial charge is 0.220 e. The summed E-state index contributed by atoms with van der Waals surface area (Å²) < 4.78 is 7.28. The first kappa shape index (κ1) is 20.5. The Bertz CT molecular complexity index is 820. The number of aromatic nitrogens is 2. The highest BCUT2D eigenvalue weighted by Crippen LogP contribution is 2.27. The topological polar surface area (TPSA) is 79.9 Å². The maximum atomic E-state index is 12.5. The van der Waals surface area contributed by atoms with Gasteiger partial charge in [0.05, 0.1) is 37.9 Å². The number of hydrogen-bond acceptors (Lipinski definition) is 4. The van der Waals surface area contributed by atoms with Crippen LogP contribution in [0.15, 0.2) is 24.3 Å². The minimum Gasteiger partial charge on any atom is -0.496 e. The molecule has 1 amide bonds. The highest BCUT2D eigenvalue weighted by atomic mass is 16.5. The van der Waals surface area contributed by atoms with E-state index in [0.717, 1.165) is 34.7 Å². The number of methoxy groups -OCH3 is 1. The first-order valence-corrected chi connectivity index (χ1v) is 9.33. The molecule has 1 heterocycles. The molecule has 0 spiro atoms. The second-order valence-electron chi connectivity index (χ2n) is 6.55. The molecule has 1 aromatic carbocycles. The fourth-order valence-corrected chi connectivity index (χ4v) is 3.33. The van der Waals surface area contributed by atoms with Crippen LogP contribution in [0.4, 0.5) is 0 Å². The summed E-state index contributed by atoms with van der Waals surface area (Å²) in [4.78, 5) is 12.5. The minimum atomic E-state index is -0.0748. The van der Waals surface area contributed by atoms with Gasteiger partial charge in [-0.05, 0) is 38.3 Å². The molecule has 0 aliphatic rings. The van der Waals surface area contributed by atoms with Crippen LogP contribution in [0.1, 0.15) is 54.7 Å². The Morgan fingerprint density at radius 2 is 2.11 bits per heavy atom. The van der Waals surface area contributed by atoms with Crippen LogP contribution in [0.5, 0.6) is 5.75 Å². The Hall–Kier alpha value is -2.81. The molecule has 1 atom stereocenters. The van der Waals surface area contributed by atoms with Crippen molar-refractivity contribution in [1.29, 1.82) is 5.26 Å². The molecule has 0 aliphatic carbocycles. The van der Waals surface area contributed by atoms with Gasteiger partial charge in [0.25, 0.3) is 0 Å². The summed E-state index contributed by atoms with van der Waals surface area (Å²) in [5, 5.41) is 16.4. The highest BCUT2D eigenvalue weighted by molar-refractivity contribution is 5.77. The van der Waals surface area contributed by atoms with E-state index in [1.165, 1.54) is 0 Å². The summed E-state index contributed by atoms with van der Waals surface area (Å²) in [5.41, 5.74) is 4.04. The number of carbonyl (C=O) groups excluding carboxylic acids is 1. The SMILES string of the molecule is CCC(NC(=O)CCc1c(C)nn(CCC#N)c1C)c1ccccc1OC. The van der Waals surface area contributed by atoms with E-state index in [1.54, 1.807) is 7.11 Å². The van der Waals surface area contributed by atoms with Crippen molar-refractivity contribution >= 4 is 5.91 Å². The number of aryl methyl sites for hydroxylation is 2. The van der Waals surface area contributed by atoms with E-state index >= 15 is 0 Å². The zero-order valence-corrected chi connectivity index (χ0v) is 16.6. The number of nitrogens with one attached hydrogen (secondary N) is 1. The van der Waals surface area contributed by atoms with Crippen LogP contribution in [0.25, 0.3) is 0 Å². The first-order valence-electron chi connectivity index (χ1n) is 9.33. The highest BCUT2D eigenvalue weighted by Gasteiger charge is 2.18. The van der Waals surface area contributed by atoms with Gasteiger partial charge in [0.1, 0.15) is 5.75 Å². The normalized spacial score (nSPS) is 11.7. The van der Waals surface area contributed by atoms with E-state index in [9.17, 15) is 4.79 Å². The van der Waals surface area contributed by atoms with Crippen molar-refractivity contribution in [3.63, 3.8) is 0 Å². The zero-order valence-electron chi connectivity index (χ0n) is 16.6. The standard InChI is InChI=1S/C21H28N4O2/c1-5-19(18-9-6-7-10-20(18)27-4)23-21(26)12-11-17-15(2)24-25(16(17)3)14-8-13-22/h6-7,9-10,19H,5,8,11-12,14H2,1-4H3,(H,23,26). The molecule has 1 N–H and O–H groups in total. The summed E-state index contributed by atoms with van der Waals surface area (Å²) in [5.74, 6) is 0.798. The molecule has 6 nitrogen and oxygen atoms in total. The van der Waals surface area contributed by atoms with Gasteiger partial charge in [-0.2, -0.15) is 10.4 Å². The van der Waals surface area contributed by atoms with Crippen molar-refractivity contribution < 1.29 is 9.53 Å². The molecule has 1 unspecified atom stereocenters. The third-order valence-corrected chi connectivity index (χ3v) is 4.83. The number of benzene rings is 1. The van der Waals surface area contributed by atoms with E-state index in [2.05, 4.69) is 16.5 Å². The molecule has 1 aromatic heterocycles. The predicted molar refractivity (Wildman–Crippen MR) is 104 cm³/mol. The molecule has 27 heavy (non-hydrogen) atoms. The lowest BCUT2D eigenvalue weighted by molar-refractivity contribution is -0.121. The molecule has 2 aromatic rings. The molecule has 0 bridgehead atoms. The van der Waals surface area contributed by atoms with Crippen molar-refractivity contribution in [3.8, 4) is 11.8 Å². The van der Waals surface area contributed by atoms with Gasteiger partial charge in [0, 0.05) is 17.7 Å². The minimum absolute atomic E-state index is 0.0105. The largest absolute Gasteiger partial charge is 0.496 e. The molecule has 0 saturated heterocycles. The van der Waals surface area contributed by atoms with Crippen molar-refractivity contribution in [2.45, 2.75) is 59.0 Å². The van der Waals surface area contributed by atoms with E-state index in [1.807, 2.05) is 49.7 Å². The Morgan fingerprint density at radius 1 is 1.37 bits per heavy atom. The van der Waals surface area contributed by atoms with Gasteiger partial charge in [0.2, 0.25) is 5.91 Å². The van der Waals surface area contributed by atoms with Crippen LogP contribution >= 0.6 is 0 Å². The third kappa shape index (κ3) is 5.10. The third-order valence-electron chi connectivity index (χ3n) is 4.83. The number of hydrogen-bond donors (Lipinski definition) is 1. The van der Waals surface area contributed by atoms with Gasteiger partial charge in [-0.1, -0.05) is 25.1 Å². The number of carbonyl (C=O) groups is 1. The fraction of sp³-hybridized carbons (Fsp3) is 0.476. The summed E-state index contributed by atoms with van der Waals surface area (Å²) >= 11 is 0. The lowest BCUT2D eigenvalue weighted by Crippen LogP contribution is -2.28. The van der Waals surface area contributed by atoms with Crippen LogP contribution in [-0.2, 0) is 17.8 Å². The molecule has 0 saturated carbocycles. The molecule has 2 rings (SSSR count). The van der Waals surface area contributed by atoms with Crippen LogP contribution in [-0.4, -0.2) is 22.8 Å². The molecule has 144 valence electrons. The molecule has 0 radical (unpaired) electrons. The molecule has 0 fully saturated rings. The van der Waals surface area contributed by atoms with Crippen LogP contribution in [0, 0.1) is 25.2 Å². The van der Waals surface area contributed by atoms with Gasteiger partial charge in [-0.25, -0.2) is 0 Å².